The number of morpholine rings is 1. The zero-order valence-corrected chi connectivity index (χ0v) is 20.8. The van der Waals surface area contributed by atoms with Gasteiger partial charge < -0.3 is 14.6 Å². The monoisotopic (exact) mass is 494 g/mol. The predicted molar refractivity (Wildman–Crippen MR) is 136 cm³/mol. The second-order valence-electron chi connectivity index (χ2n) is 8.86. The van der Waals surface area contributed by atoms with Crippen LogP contribution in [0.1, 0.15) is 35.1 Å². The van der Waals surface area contributed by atoms with Crippen LogP contribution in [0.4, 0.5) is 5.95 Å². The van der Waals surface area contributed by atoms with Gasteiger partial charge in [0, 0.05) is 29.6 Å². The fourth-order valence-electron chi connectivity index (χ4n) is 4.43. The van der Waals surface area contributed by atoms with Crippen LogP contribution in [-0.4, -0.2) is 51.0 Å². The van der Waals surface area contributed by atoms with Crippen molar-refractivity contribution in [2.45, 2.75) is 43.6 Å². The van der Waals surface area contributed by atoms with Crippen molar-refractivity contribution < 1.29 is 4.74 Å². The highest BCUT2D eigenvalue weighted by Gasteiger charge is 2.32. The van der Waals surface area contributed by atoms with Crippen molar-refractivity contribution in [3.63, 3.8) is 0 Å². The number of anilines is 1. The van der Waals surface area contributed by atoms with Crippen molar-refractivity contribution in [2.75, 3.05) is 31.2 Å². The molecule has 10 heteroatoms. The summed E-state index contributed by atoms with van der Waals surface area (Å²) in [5.74, 6) is 2.13. The minimum atomic E-state index is -0.0850. The van der Waals surface area contributed by atoms with Gasteiger partial charge in [-0.15, -0.1) is 21.5 Å². The number of nitrogens with zero attached hydrogens (tertiary/aromatic N) is 5. The fraction of sp³-hybridized carbons (Fsp3) is 0.417. The molecule has 0 bridgehead atoms. The molecular formula is C24H26N6O2S2. The lowest BCUT2D eigenvalue weighted by Crippen LogP contribution is -2.38. The van der Waals surface area contributed by atoms with E-state index in [-0.39, 0.29) is 5.56 Å². The summed E-state index contributed by atoms with van der Waals surface area (Å²) in [6.45, 7) is 7.23. The van der Waals surface area contributed by atoms with E-state index in [0.29, 0.717) is 23.0 Å². The van der Waals surface area contributed by atoms with E-state index in [1.165, 1.54) is 5.56 Å². The maximum absolute atomic E-state index is 13.1. The third-order valence-corrected chi connectivity index (χ3v) is 8.27. The Bertz CT molecular complexity index is 1400. The van der Waals surface area contributed by atoms with Gasteiger partial charge in [0.15, 0.2) is 5.16 Å². The van der Waals surface area contributed by atoms with Crippen molar-refractivity contribution in [3.05, 3.63) is 50.9 Å². The van der Waals surface area contributed by atoms with Crippen molar-refractivity contribution in [3.8, 4) is 11.1 Å². The van der Waals surface area contributed by atoms with Gasteiger partial charge in [-0.1, -0.05) is 41.6 Å². The Hall–Kier alpha value is -2.69. The molecule has 6 rings (SSSR count). The number of hydrogen-bond acceptors (Lipinski definition) is 8. The molecule has 0 amide bonds. The van der Waals surface area contributed by atoms with Crippen LogP contribution in [0.2, 0.25) is 0 Å². The van der Waals surface area contributed by atoms with Gasteiger partial charge in [-0.3, -0.25) is 9.36 Å². The lowest BCUT2D eigenvalue weighted by atomic mass is 10.0. The molecule has 1 saturated carbocycles. The first kappa shape index (κ1) is 21.8. The van der Waals surface area contributed by atoms with Crippen molar-refractivity contribution >= 4 is 39.3 Å². The lowest BCUT2D eigenvalue weighted by Gasteiger charge is -2.27. The molecule has 0 atom stereocenters. The molecule has 3 aromatic heterocycles. The van der Waals surface area contributed by atoms with Crippen LogP contribution in [0, 0.1) is 13.8 Å². The van der Waals surface area contributed by atoms with Gasteiger partial charge in [0.1, 0.15) is 10.7 Å². The Morgan fingerprint density at radius 3 is 2.65 bits per heavy atom. The van der Waals surface area contributed by atoms with Crippen LogP contribution in [0.3, 0.4) is 0 Å². The van der Waals surface area contributed by atoms with E-state index in [2.05, 4.69) is 62.8 Å². The van der Waals surface area contributed by atoms with Gasteiger partial charge in [0.25, 0.3) is 5.56 Å². The quantitative estimate of drug-likeness (QED) is 0.399. The third kappa shape index (κ3) is 4.03. The molecular weight excluding hydrogens is 468 g/mol. The van der Waals surface area contributed by atoms with Crippen molar-refractivity contribution in [1.29, 1.82) is 0 Å². The van der Waals surface area contributed by atoms with Crippen LogP contribution in [0.25, 0.3) is 21.3 Å². The molecule has 1 N–H and O–H groups in total. The number of thioether (sulfide) groups is 1. The molecule has 0 spiro atoms. The van der Waals surface area contributed by atoms with Gasteiger partial charge in [-0.2, -0.15) is 0 Å². The Morgan fingerprint density at radius 1 is 1.15 bits per heavy atom. The molecule has 2 aliphatic rings. The molecule has 0 unspecified atom stereocenters. The average molecular weight is 495 g/mol. The second-order valence-corrected chi connectivity index (χ2v) is 11.0. The summed E-state index contributed by atoms with van der Waals surface area (Å²) in [5.41, 5.74) is 3.15. The normalized spacial score (nSPS) is 16.5. The molecule has 8 nitrogen and oxygen atoms in total. The Kier molecular flexibility index (Phi) is 5.66. The smallest absolute Gasteiger partial charge is 0.260 e. The second kappa shape index (κ2) is 8.83. The van der Waals surface area contributed by atoms with Gasteiger partial charge in [0.05, 0.1) is 24.4 Å². The number of ether oxygens (including phenoxy) is 1. The standard InChI is InChI=1S/C24H26N6O2S2/c1-14-3-5-16(6-4-14)19-15(2)34-22-20(19)21(31)25-18(26-22)13-33-24-28-27-23(30(24)17-7-8-17)29-9-11-32-12-10-29/h3-6,17H,7-13H2,1-2H3,(H,25,26,31). The summed E-state index contributed by atoms with van der Waals surface area (Å²) in [5, 5.41) is 10.6. The molecule has 34 heavy (non-hydrogen) atoms. The van der Waals surface area contributed by atoms with Gasteiger partial charge in [-0.05, 0) is 32.3 Å². The van der Waals surface area contributed by atoms with E-state index >= 15 is 0 Å². The molecule has 2 fully saturated rings. The summed E-state index contributed by atoms with van der Waals surface area (Å²) in [7, 11) is 0. The number of aromatic amines is 1. The molecule has 0 radical (unpaired) electrons. The molecule has 1 saturated heterocycles. The molecule has 1 aromatic carbocycles. The van der Waals surface area contributed by atoms with Crippen molar-refractivity contribution in [1.82, 2.24) is 24.7 Å². The Balaban J connectivity index is 1.28. The molecule has 176 valence electrons. The SMILES string of the molecule is Cc1ccc(-c2c(C)sc3nc(CSc4nnc(N5CCOCC5)n4C4CC4)[nH]c(=O)c23)cc1. The number of aryl methyl sites for hydroxylation is 2. The minimum Gasteiger partial charge on any atom is -0.378 e. The van der Waals surface area contributed by atoms with Crippen molar-refractivity contribution in [2.24, 2.45) is 0 Å². The first-order valence-corrected chi connectivity index (χ1v) is 13.4. The van der Waals surface area contributed by atoms with Crippen LogP contribution in [0.15, 0.2) is 34.2 Å². The number of H-pyrrole nitrogens is 1. The van der Waals surface area contributed by atoms with Gasteiger partial charge >= 0.3 is 0 Å². The van der Waals surface area contributed by atoms with E-state index in [1.54, 1.807) is 23.1 Å². The number of hydrogen-bond donors (Lipinski definition) is 1. The van der Waals surface area contributed by atoms with Crippen LogP contribution < -0.4 is 10.5 Å². The average Bonchev–Trinajstić information content (AvgIpc) is 3.50. The maximum Gasteiger partial charge on any atom is 0.260 e. The number of benzene rings is 1. The third-order valence-electron chi connectivity index (χ3n) is 6.32. The summed E-state index contributed by atoms with van der Waals surface area (Å²) < 4.78 is 7.76. The van der Waals surface area contributed by atoms with Crippen LogP contribution in [0.5, 0.6) is 0 Å². The lowest BCUT2D eigenvalue weighted by molar-refractivity contribution is 0.121. The summed E-state index contributed by atoms with van der Waals surface area (Å²) in [6.07, 6.45) is 2.31. The molecule has 1 aliphatic carbocycles. The summed E-state index contributed by atoms with van der Waals surface area (Å²) in [6, 6.07) is 8.76. The largest absolute Gasteiger partial charge is 0.378 e. The van der Waals surface area contributed by atoms with E-state index in [1.807, 2.05) is 0 Å². The van der Waals surface area contributed by atoms with E-state index in [4.69, 9.17) is 9.72 Å². The first-order chi connectivity index (χ1) is 16.6. The summed E-state index contributed by atoms with van der Waals surface area (Å²) >= 11 is 3.16. The number of rotatable bonds is 6. The summed E-state index contributed by atoms with van der Waals surface area (Å²) in [4.78, 5) is 25.1. The Morgan fingerprint density at radius 2 is 1.91 bits per heavy atom. The van der Waals surface area contributed by atoms with Crippen LogP contribution in [-0.2, 0) is 10.5 Å². The highest BCUT2D eigenvalue weighted by molar-refractivity contribution is 7.98. The number of aromatic nitrogens is 5. The highest BCUT2D eigenvalue weighted by atomic mass is 32.2. The predicted octanol–water partition coefficient (Wildman–Crippen LogP) is 4.32. The number of thiophene rings is 1. The first-order valence-electron chi connectivity index (χ1n) is 11.6. The minimum absolute atomic E-state index is 0.0850. The molecule has 4 aromatic rings. The molecule has 4 heterocycles. The number of nitrogens with one attached hydrogen (secondary N) is 1. The van der Waals surface area contributed by atoms with Gasteiger partial charge in [0.2, 0.25) is 5.95 Å². The fourth-order valence-corrected chi connectivity index (χ4v) is 6.37. The molecule has 1 aliphatic heterocycles. The van der Waals surface area contributed by atoms with E-state index in [9.17, 15) is 4.79 Å². The van der Waals surface area contributed by atoms with E-state index < -0.39 is 0 Å². The maximum atomic E-state index is 13.1. The van der Waals surface area contributed by atoms with Crippen LogP contribution >= 0.6 is 23.1 Å². The van der Waals surface area contributed by atoms with E-state index in [0.717, 1.165) is 71.1 Å². The van der Waals surface area contributed by atoms with Gasteiger partial charge in [-0.25, -0.2) is 4.98 Å². The topological polar surface area (TPSA) is 88.9 Å². The number of fused-ring (bicyclic) bond motifs is 1. The Labute approximate surface area is 205 Å². The highest BCUT2D eigenvalue weighted by Crippen LogP contribution is 2.41. The zero-order valence-electron chi connectivity index (χ0n) is 19.2. The zero-order chi connectivity index (χ0) is 23.2.